The summed E-state index contributed by atoms with van der Waals surface area (Å²) in [5.74, 6) is -1.38. The van der Waals surface area contributed by atoms with Crippen molar-refractivity contribution in [2.24, 2.45) is 5.92 Å². The third-order valence-electron chi connectivity index (χ3n) is 8.92. The van der Waals surface area contributed by atoms with E-state index >= 15 is 4.79 Å². The summed E-state index contributed by atoms with van der Waals surface area (Å²) in [5, 5.41) is 3.55. The Kier molecular flexibility index (Phi) is 6.36. The maximum atomic E-state index is 15.1. The molecule has 0 radical (unpaired) electrons. The number of methoxy groups -OCH3 is 2. The van der Waals surface area contributed by atoms with Gasteiger partial charge in [-0.2, -0.15) is 0 Å². The van der Waals surface area contributed by atoms with Crippen molar-refractivity contribution in [2.45, 2.75) is 17.5 Å². The van der Waals surface area contributed by atoms with Crippen molar-refractivity contribution in [1.82, 2.24) is 4.90 Å². The Hall–Kier alpha value is -4.88. The van der Waals surface area contributed by atoms with Gasteiger partial charge in [-0.3, -0.25) is 14.4 Å². The molecule has 8 heteroatoms. The molecule has 0 aromatic heterocycles. The monoisotopic (exact) mass is 590 g/mol. The van der Waals surface area contributed by atoms with Crippen LogP contribution in [0.5, 0.6) is 11.5 Å². The van der Waals surface area contributed by atoms with E-state index in [-0.39, 0.29) is 17.3 Å². The molecule has 3 aliphatic heterocycles. The van der Waals surface area contributed by atoms with Gasteiger partial charge in [0.05, 0.1) is 31.7 Å². The lowest BCUT2D eigenvalue weighted by atomic mass is 9.62. The molecule has 1 spiro atoms. The lowest BCUT2D eigenvalue weighted by Crippen LogP contribution is -2.49. The van der Waals surface area contributed by atoms with Gasteiger partial charge in [0.2, 0.25) is 5.91 Å². The first-order chi connectivity index (χ1) is 20.9. The van der Waals surface area contributed by atoms with Gasteiger partial charge < -0.3 is 19.7 Å². The van der Waals surface area contributed by atoms with E-state index in [0.29, 0.717) is 33.3 Å². The second-order valence-electron chi connectivity index (χ2n) is 10.9. The first kappa shape index (κ1) is 27.0. The fourth-order valence-corrected chi connectivity index (χ4v) is 7.25. The molecule has 0 bridgehead atoms. The average molecular weight is 591 g/mol. The summed E-state index contributed by atoms with van der Waals surface area (Å²) in [7, 11) is 3.00. The Balaban J connectivity index is 1.55. The number of fused-ring (bicyclic) bond motifs is 6. The van der Waals surface area contributed by atoms with Gasteiger partial charge in [0.1, 0.15) is 23.0 Å². The van der Waals surface area contributed by atoms with Crippen LogP contribution in [0.2, 0.25) is 5.02 Å². The molecule has 4 unspecified atom stereocenters. The number of hydrogen-bond acceptors (Lipinski definition) is 6. The van der Waals surface area contributed by atoms with Crippen LogP contribution in [0.15, 0.2) is 97.2 Å². The SMILES string of the molecule is COc1ccc(OC)c(C(=O)C2C(C(=O)c3ccc(Cl)cc3)N3C=Cc4ccccc4C3C23C(=O)Nc2ccccc23)c1. The third-order valence-corrected chi connectivity index (χ3v) is 9.17. The van der Waals surface area contributed by atoms with Gasteiger partial charge >= 0.3 is 0 Å². The van der Waals surface area contributed by atoms with Gasteiger partial charge in [0.15, 0.2) is 11.6 Å². The molecule has 4 aromatic rings. The zero-order valence-corrected chi connectivity index (χ0v) is 24.2. The standard InChI is InChI=1S/C35H27ClN2O5/c1-42-23-15-16-28(43-2)25(19-23)32(40)29-30(31(39)21-11-13-22(36)14-12-21)38-18-17-20-7-3-4-8-24(20)33(38)35(29)26-9-5-6-10-27(26)37-34(35)41/h3-19,29-30,33H,1-2H3,(H,37,41). The van der Waals surface area contributed by atoms with E-state index in [1.54, 1.807) is 42.5 Å². The van der Waals surface area contributed by atoms with Crippen molar-refractivity contribution in [3.63, 3.8) is 0 Å². The smallest absolute Gasteiger partial charge is 0.238 e. The minimum Gasteiger partial charge on any atom is -0.497 e. The predicted molar refractivity (Wildman–Crippen MR) is 164 cm³/mol. The van der Waals surface area contributed by atoms with Crippen LogP contribution in [0.25, 0.3) is 6.08 Å². The van der Waals surface area contributed by atoms with Crippen LogP contribution >= 0.6 is 11.6 Å². The fraction of sp³-hybridized carbons (Fsp3) is 0.171. The second-order valence-corrected chi connectivity index (χ2v) is 11.3. The molecule has 43 heavy (non-hydrogen) atoms. The van der Waals surface area contributed by atoms with Gasteiger partial charge in [-0.25, -0.2) is 0 Å². The number of rotatable bonds is 6. The average Bonchev–Trinajstić information content (AvgIpc) is 3.52. The van der Waals surface area contributed by atoms with Crippen molar-refractivity contribution in [3.8, 4) is 11.5 Å². The number of carbonyl (C=O) groups is 3. The number of anilines is 1. The highest BCUT2D eigenvalue weighted by atomic mass is 35.5. The van der Waals surface area contributed by atoms with Crippen molar-refractivity contribution >= 4 is 40.8 Å². The molecule has 3 aliphatic rings. The Morgan fingerprint density at radius 3 is 2.40 bits per heavy atom. The van der Waals surface area contributed by atoms with E-state index in [2.05, 4.69) is 5.32 Å². The first-order valence-corrected chi connectivity index (χ1v) is 14.3. The molecule has 0 aliphatic carbocycles. The topological polar surface area (TPSA) is 84.9 Å². The summed E-state index contributed by atoms with van der Waals surface area (Å²) in [5.41, 5.74) is 2.24. The third kappa shape index (κ3) is 3.85. The number of ether oxygens (including phenoxy) is 2. The molecule has 7 rings (SSSR count). The number of Topliss-reactive ketones (excluding diaryl/α,β-unsaturated/α-hetero) is 2. The Labute approximate surface area is 253 Å². The number of para-hydroxylation sites is 1. The molecule has 1 saturated heterocycles. The molecule has 4 atom stereocenters. The number of nitrogens with zero attached hydrogens (tertiary/aromatic N) is 1. The number of nitrogens with one attached hydrogen (secondary N) is 1. The number of hydrogen-bond donors (Lipinski definition) is 1. The van der Waals surface area contributed by atoms with Crippen LogP contribution in [0, 0.1) is 5.92 Å². The molecular formula is C35H27ClN2O5. The molecule has 1 amide bonds. The summed E-state index contributed by atoms with van der Waals surface area (Å²) < 4.78 is 11.1. The van der Waals surface area contributed by atoms with E-state index in [0.717, 1.165) is 11.1 Å². The van der Waals surface area contributed by atoms with E-state index < -0.39 is 29.2 Å². The molecule has 1 fully saturated rings. The van der Waals surface area contributed by atoms with E-state index in [9.17, 15) is 9.59 Å². The van der Waals surface area contributed by atoms with Crippen LogP contribution in [0.4, 0.5) is 5.69 Å². The lowest BCUT2D eigenvalue weighted by Gasteiger charge is -2.38. The second kappa shape index (κ2) is 10.1. The minimum atomic E-state index is -1.45. The quantitative estimate of drug-likeness (QED) is 0.264. The number of amides is 1. The number of halogens is 1. The summed E-state index contributed by atoms with van der Waals surface area (Å²) in [6.07, 6.45) is 3.77. The Bertz CT molecular complexity index is 1830. The van der Waals surface area contributed by atoms with E-state index in [4.69, 9.17) is 21.1 Å². The van der Waals surface area contributed by atoms with Gasteiger partial charge in [0, 0.05) is 22.5 Å². The fourth-order valence-electron chi connectivity index (χ4n) is 7.13. The summed E-state index contributed by atoms with van der Waals surface area (Å²) in [6, 6.07) is 25.1. The zero-order chi connectivity index (χ0) is 29.9. The van der Waals surface area contributed by atoms with E-state index in [1.807, 2.05) is 65.7 Å². The van der Waals surface area contributed by atoms with Crippen LogP contribution < -0.4 is 14.8 Å². The van der Waals surface area contributed by atoms with Crippen molar-refractivity contribution < 1.29 is 23.9 Å². The maximum Gasteiger partial charge on any atom is 0.238 e. The van der Waals surface area contributed by atoms with Gasteiger partial charge in [-0.1, -0.05) is 54.1 Å². The Morgan fingerprint density at radius 1 is 0.884 bits per heavy atom. The minimum absolute atomic E-state index is 0.231. The van der Waals surface area contributed by atoms with Crippen molar-refractivity contribution in [2.75, 3.05) is 19.5 Å². The summed E-state index contributed by atoms with van der Waals surface area (Å²) >= 11 is 6.17. The number of ketones is 2. The normalized spacial score (nSPS) is 22.9. The van der Waals surface area contributed by atoms with Crippen molar-refractivity contribution in [3.05, 3.63) is 130 Å². The van der Waals surface area contributed by atoms with Crippen LogP contribution in [-0.2, 0) is 10.2 Å². The van der Waals surface area contributed by atoms with Crippen LogP contribution in [-0.4, -0.2) is 42.6 Å². The molecular weight excluding hydrogens is 564 g/mol. The molecule has 1 N–H and O–H groups in total. The Morgan fingerprint density at radius 2 is 1.63 bits per heavy atom. The predicted octanol–water partition coefficient (Wildman–Crippen LogP) is 6.34. The van der Waals surface area contributed by atoms with Gasteiger partial charge in [-0.05, 0) is 71.3 Å². The summed E-state index contributed by atoms with van der Waals surface area (Å²) in [6.45, 7) is 0. The molecule has 7 nitrogen and oxygen atoms in total. The molecule has 214 valence electrons. The highest BCUT2D eigenvalue weighted by molar-refractivity contribution is 6.30. The zero-order valence-electron chi connectivity index (χ0n) is 23.4. The van der Waals surface area contributed by atoms with E-state index in [1.165, 1.54) is 14.2 Å². The highest BCUT2D eigenvalue weighted by Gasteiger charge is 2.70. The molecule has 3 heterocycles. The number of benzene rings is 4. The summed E-state index contributed by atoms with van der Waals surface area (Å²) in [4.78, 5) is 46.3. The lowest BCUT2D eigenvalue weighted by molar-refractivity contribution is -0.122. The number of carbonyl (C=O) groups excluding carboxylic acids is 3. The molecule has 4 aromatic carbocycles. The first-order valence-electron chi connectivity index (χ1n) is 13.9. The highest BCUT2D eigenvalue weighted by Crippen LogP contribution is 2.62. The van der Waals surface area contributed by atoms with Crippen LogP contribution in [0.3, 0.4) is 0 Å². The molecule has 0 saturated carbocycles. The van der Waals surface area contributed by atoms with Crippen LogP contribution in [0.1, 0.15) is 43.4 Å². The van der Waals surface area contributed by atoms with Gasteiger partial charge in [0.25, 0.3) is 0 Å². The maximum absolute atomic E-state index is 15.1. The van der Waals surface area contributed by atoms with Crippen molar-refractivity contribution in [1.29, 1.82) is 0 Å². The van der Waals surface area contributed by atoms with Gasteiger partial charge in [-0.15, -0.1) is 0 Å². The largest absolute Gasteiger partial charge is 0.497 e.